The van der Waals surface area contributed by atoms with E-state index in [2.05, 4.69) is 50.1 Å². The summed E-state index contributed by atoms with van der Waals surface area (Å²) in [7, 11) is 1.56. The minimum atomic E-state index is -0.463. The summed E-state index contributed by atoms with van der Waals surface area (Å²) >= 11 is 3.48. The van der Waals surface area contributed by atoms with Crippen LogP contribution in [0, 0.1) is 18.3 Å². The van der Waals surface area contributed by atoms with Crippen LogP contribution in [0.25, 0.3) is 17.0 Å². The molecule has 0 atom stereocenters. The van der Waals surface area contributed by atoms with Gasteiger partial charge in [-0.2, -0.15) is 5.26 Å². The van der Waals surface area contributed by atoms with E-state index >= 15 is 0 Å². The number of carbonyl (C=O) groups is 1. The zero-order valence-electron chi connectivity index (χ0n) is 18.3. The number of fused-ring (bicyclic) bond motifs is 1. The number of aromatic nitrogens is 1. The first kappa shape index (κ1) is 22.4. The van der Waals surface area contributed by atoms with Gasteiger partial charge in [0.15, 0.2) is 0 Å². The molecule has 164 valence electrons. The predicted octanol–water partition coefficient (Wildman–Crippen LogP) is 6.31. The molecule has 1 N–H and O–H groups in total. The number of rotatable bonds is 6. The van der Waals surface area contributed by atoms with Gasteiger partial charge in [0, 0.05) is 44.9 Å². The minimum absolute atomic E-state index is 0.0347. The number of para-hydroxylation sites is 1. The van der Waals surface area contributed by atoms with E-state index in [9.17, 15) is 10.1 Å². The fourth-order valence-corrected chi connectivity index (χ4v) is 4.07. The topological polar surface area (TPSA) is 67.0 Å². The largest absolute Gasteiger partial charge is 0.497 e. The molecule has 1 amide bonds. The maximum atomic E-state index is 12.9. The van der Waals surface area contributed by atoms with Crippen molar-refractivity contribution >= 4 is 44.5 Å². The summed E-state index contributed by atoms with van der Waals surface area (Å²) < 4.78 is 8.44. The van der Waals surface area contributed by atoms with E-state index in [1.54, 1.807) is 37.5 Å². The normalized spacial score (nSPS) is 11.3. The highest BCUT2D eigenvalue weighted by Crippen LogP contribution is 2.29. The smallest absolute Gasteiger partial charge is 0.266 e. The van der Waals surface area contributed by atoms with Crippen molar-refractivity contribution in [3.8, 4) is 11.8 Å². The molecule has 0 radical (unpaired) electrons. The SMILES string of the molecule is COc1cccc(NC(=O)/C(C#N)=C\c2c(C)n(Cc3ccc(Br)cc3)c3ccccc23)c1. The molecule has 0 saturated carbocycles. The summed E-state index contributed by atoms with van der Waals surface area (Å²) in [6.45, 7) is 2.70. The lowest BCUT2D eigenvalue weighted by atomic mass is 10.1. The molecule has 3 aromatic carbocycles. The van der Waals surface area contributed by atoms with Crippen molar-refractivity contribution < 1.29 is 9.53 Å². The van der Waals surface area contributed by atoms with Crippen LogP contribution < -0.4 is 10.1 Å². The molecule has 4 rings (SSSR count). The third-order valence-corrected chi connectivity index (χ3v) is 6.04. The molecule has 1 heterocycles. The molecule has 4 aromatic rings. The third-order valence-electron chi connectivity index (χ3n) is 5.51. The van der Waals surface area contributed by atoms with Gasteiger partial charge in [0.2, 0.25) is 0 Å². The Morgan fingerprint density at radius 3 is 2.61 bits per heavy atom. The standard InChI is InChI=1S/C27H22BrN3O2/c1-18-25(14-20(16-29)27(32)30-22-6-5-7-23(15-22)33-2)24-8-3-4-9-26(24)31(18)17-19-10-12-21(28)13-11-19/h3-15H,17H2,1-2H3,(H,30,32)/b20-14-. The van der Waals surface area contributed by atoms with Gasteiger partial charge in [-0.1, -0.05) is 52.3 Å². The molecule has 0 bridgehead atoms. The number of ether oxygens (including phenoxy) is 1. The van der Waals surface area contributed by atoms with Gasteiger partial charge < -0.3 is 14.6 Å². The lowest BCUT2D eigenvalue weighted by Crippen LogP contribution is -2.13. The van der Waals surface area contributed by atoms with Crippen LogP contribution in [0.5, 0.6) is 5.75 Å². The van der Waals surface area contributed by atoms with Crippen molar-refractivity contribution in [3.05, 3.63) is 99.7 Å². The first-order chi connectivity index (χ1) is 16.0. The maximum Gasteiger partial charge on any atom is 0.266 e. The van der Waals surface area contributed by atoms with E-state index in [-0.39, 0.29) is 5.57 Å². The second-order valence-electron chi connectivity index (χ2n) is 7.58. The summed E-state index contributed by atoms with van der Waals surface area (Å²) in [6.07, 6.45) is 1.67. The van der Waals surface area contributed by atoms with Gasteiger partial charge in [-0.25, -0.2) is 0 Å². The summed E-state index contributed by atoms with van der Waals surface area (Å²) in [5.41, 5.74) is 4.66. The van der Waals surface area contributed by atoms with Crippen LogP contribution in [0.1, 0.15) is 16.8 Å². The Balaban J connectivity index is 1.72. The number of nitriles is 1. The number of methoxy groups -OCH3 is 1. The lowest BCUT2D eigenvalue weighted by Gasteiger charge is -2.09. The number of hydrogen-bond acceptors (Lipinski definition) is 3. The van der Waals surface area contributed by atoms with Gasteiger partial charge in [0.25, 0.3) is 5.91 Å². The molecule has 0 spiro atoms. The van der Waals surface area contributed by atoms with Gasteiger partial charge in [-0.15, -0.1) is 0 Å². The number of nitrogens with zero attached hydrogens (tertiary/aromatic N) is 2. The fourth-order valence-electron chi connectivity index (χ4n) is 3.81. The number of benzene rings is 3. The van der Waals surface area contributed by atoms with Crippen LogP contribution in [-0.4, -0.2) is 17.6 Å². The maximum absolute atomic E-state index is 12.9. The number of nitrogens with one attached hydrogen (secondary N) is 1. The van der Waals surface area contributed by atoms with Crippen LogP contribution in [0.15, 0.2) is 82.8 Å². The molecule has 6 heteroatoms. The van der Waals surface area contributed by atoms with Crippen LogP contribution in [-0.2, 0) is 11.3 Å². The highest BCUT2D eigenvalue weighted by molar-refractivity contribution is 9.10. The Bertz CT molecular complexity index is 1400. The van der Waals surface area contributed by atoms with Crippen molar-refractivity contribution in [3.63, 3.8) is 0 Å². The first-order valence-corrected chi connectivity index (χ1v) is 11.2. The number of anilines is 1. The van der Waals surface area contributed by atoms with E-state index in [4.69, 9.17) is 4.74 Å². The Morgan fingerprint density at radius 2 is 1.88 bits per heavy atom. The third kappa shape index (κ3) is 4.84. The van der Waals surface area contributed by atoms with Crippen molar-refractivity contribution in [2.24, 2.45) is 0 Å². The predicted molar refractivity (Wildman–Crippen MR) is 135 cm³/mol. The number of carbonyl (C=O) groups excluding carboxylic acids is 1. The second-order valence-corrected chi connectivity index (χ2v) is 8.50. The fraction of sp³-hybridized carbons (Fsp3) is 0.111. The molecule has 0 unspecified atom stereocenters. The lowest BCUT2D eigenvalue weighted by molar-refractivity contribution is -0.112. The van der Waals surface area contributed by atoms with Crippen molar-refractivity contribution in [1.82, 2.24) is 4.57 Å². The van der Waals surface area contributed by atoms with Gasteiger partial charge in [0.05, 0.1) is 7.11 Å². The average Bonchev–Trinajstić information content (AvgIpc) is 3.09. The van der Waals surface area contributed by atoms with Gasteiger partial charge in [-0.05, 0) is 48.9 Å². The van der Waals surface area contributed by atoms with E-state index < -0.39 is 5.91 Å². The number of halogens is 1. The average molecular weight is 500 g/mol. The quantitative estimate of drug-likeness (QED) is 0.249. The van der Waals surface area contributed by atoms with E-state index in [0.29, 0.717) is 18.0 Å². The van der Waals surface area contributed by atoms with E-state index in [1.807, 2.05) is 37.3 Å². The zero-order chi connectivity index (χ0) is 23.4. The van der Waals surface area contributed by atoms with Crippen LogP contribution >= 0.6 is 15.9 Å². The van der Waals surface area contributed by atoms with E-state index in [0.717, 1.165) is 32.2 Å². The molecular weight excluding hydrogens is 478 g/mol. The monoisotopic (exact) mass is 499 g/mol. The van der Waals surface area contributed by atoms with Crippen LogP contribution in [0.4, 0.5) is 5.69 Å². The first-order valence-electron chi connectivity index (χ1n) is 10.4. The number of hydrogen-bond donors (Lipinski definition) is 1. The second kappa shape index (κ2) is 9.76. The van der Waals surface area contributed by atoms with E-state index in [1.165, 1.54) is 0 Å². The molecule has 0 saturated heterocycles. The van der Waals surface area contributed by atoms with Gasteiger partial charge in [-0.3, -0.25) is 4.79 Å². The molecule has 33 heavy (non-hydrogen) atoms. The highest BCUT2D eigenvalue weighted by atomic mass is 79.9. The Labute approximate surface area is 201 Å². The van der Waals surface area contributed by atoms with Crippen LogP contribution in [0.3, 0.4) is 0 Å². The number of amides is 1. The summed E-state index contributed by atoms with van der Waals surface area (Å²) in [5.74, 6) is 0.164. The van der Waals surface area contributed by atoms with Crippen molar-refractivity contribution in [2.45, 2.75) is 13.5 Å². The molecule has 0 aliphatic carbocycles. The Morgan fingerprint density at radius 1 is 1.12 bits per heavy atom. The summed E-state index contributed by atoms with van der Waals surface area (Å²) in [5, 5.41) is 13.5. The summed E-state index contributed by atoms with van der Waals surface area (Å²) in [6, 6.07) is 25.3. The van der Waals surface area contributed by atoms with Crippen molar-refractivity contribution in [2.75, 3.05) is 12.4 Å². The molecular formula is C27H22BrN3O2. The molecule has 0 aliphatic rings. The summed E-state index contributed by atoms with van der Waals surface area (Å²) in [4.78, 5) is 12.9. The minimum Gasteiger partial charge on any atom is -0.497 e. The molecule has 0 fully saturated rings. The highest BCUT2D eigenvalue weighted by Gasteiger charge is 2.16. The Hall–Kier alpha value is -3.82. The van der Waals surface area contributed by atoms with Crippen molar-refractivity contribution in [1.29, 1.82) is 5.26 Å². The molecule has 5 nitrogen and oxygen atoms in total. The van der Waals surface area contributed by atoms with Gasteiger partial charge >= 0.3 is 0 Å². The molecule has 1 aromatic heterocycles. The van der Waals surface area contributed by atoms with Gasteiger partial charge in [0.1, 0.15) is 17.4 Å². The Kier molecular flexibility index (Phi) is 6.62. The molecule has 0 aliphatic heterocycles. The van der Waals surface area contributed by atoms with Crippen LogP contribution in [0.2, 0.25) is 0 Å². The zero-order valence-corrected chi connectivity index (χ0v) is 19.9.